The smallest absolute Gasteiger partial charge is 0.123 e. The van der Waals surface area contributed by atoms with Crippen molar-refractivity contribution in [2.75, 3.05) is 0 Å². The van der Waals surface area contributed by atoms with Crippen LogP contribution in [0.25, 0.3) is 61.3 Å². The van der Waals surface area contributed by atoms with E-state index >= 15 is 0 Å². The van der Waals surface area contributed by atoms with E-state index in [0.29, 0.717) is 0 Å². The average molecular weight is 874 g/mol. The van der Waals surface area contributed by atoms with Crippen molar-refractivity contribution in [2.24, 2.45) is 5.92 Å². The Morgan fingerprint density at radius 2 is 1.52 bits per heavy atom. The van der Waals surface area contributed by atoms with E-state index in [-0.39, 0.29) is 20.1 Å². The molecule has 0 N–H and O–H groups in total. The Morgan fingerprint density at radius 3 is 2.31 bits per heavy atom. The van der Waals surface area contributed by atoms with Crippen molar-refractivity contribution in [1.82, 2.24) is 14.5 Å². The van der Waals surface area contributed by atoms with Crippen LogP contribution in [0.4, 0.5) is 0 Å². The zero-order chi connectivity index (χ0) is 34.8. The van der Waals surface area contributed by atoms with Gasteiger partial charge in [-0.25, -0.2) is 0 Å². The van der Waals surface area contributed by atoms with Crippen LogP contribution in [0.1, 0.15) is 37.7 Å². The number of furan rings is 1. The molecule has 0 spiro atoms. The third kappa shape index (κ3) is 7.47. The summed E-state index contributed by atoms with van der Waals surface area (Å²) in [6.45, 7) is 7.30. The Balaban J connectivity index is 0.000000162. The van der Waals surface area contributed by atoms with Crippen LogP contribution in [-0.2, 0) is 26.5 Å². The zero-order valence-electron chi connectivity index (χ0n) is 30.0. The van der Waals surface area contributed by atoms with Crippen LogP contribution in [0.2, 0.25) is 19.6 Å². The van der Waals surface area contributed by atoms with E-state index in [1.54, 1.807) is 10.8 Å². The minimum atomic E-state index is -1.36. The van der Waals surface area contributed by atoms with E-state index in [9.17, 15) is 0 Å². The van der Waals surface area contributed by atoms with Gasteiger partial charge in [0.25, 0.3) is 0 Å². The number of imidazole rings is 1. The number of pyridine rings is 1. The summed E-state index contributed by atoms with van der Waals surface area (Å²) in [5.74, 6) is 1.73. The standard InChI is InChI=1S/C25H15N2O.C21H28NSi.Ir/c1-2-8-18(9-3-1)27-22-12-6-5-11-21(22)26-25(27)17-14-15-20-19-10-4-7-13-23(19)28-24(20)16-17;1-23(2,3)21-16-22-20(18-12-8-5-9-13-18)15-19(21)14-17-10-6-4-7-11-17;/h1-15H;5,8-9,12,15-17H,4,6-7,10-11,14H2,1-3H3;/q2*-1;. The van der Waals surface area contributed by atoms with Gasteiger partial charge in [-0.2, -0.15) is 0 Å². The molecule has 3 aromatic heterocycles. The Morgan fingerprint density at radius 1 is 0.769 bits per heavy atom. The van der Waals surface area contributed by atoms with Crippen molar-refractivity contribution in [3.8, 4) is 28.3 Å². The summed E-state index contributed by atoms with van der Waals surface area (Å²) >= 11 is 0. The van der Waals surface area contributed by atoms with E-state index in [1.807, 2.05) is 66.7 Å². The van der Waals surface area contributed by atoms with Crippen molar-refractivity contribution in [1.29, 1.82) is 0 Å². The largest absolute Gasteiger partial charge is 0.477 e. The number of fused-ring (bicyclic) bond motifs is 4. The summed E-state index contributed by atoms with van der Waals surface area (Å²) in [6.07, 6.45) is 10.5. The maximum atomic E-state index is 6.04. The number of para-hydroxylation sites is 4. The van der Waals surface area contributed by atoms with E-state index in [1.165, 1.54) is 38.5 Å². The van der Waals surface area contributed by atoms with E-state index < -0.39 is 8.07 Å². The molecule has 0 unspecified atom stereocenters. The van der Waals surface area contributed by atoms with Crippen LogP contribution < -0.4 is 5.19 Å². The van der Waals surface area contributed by atoms with Gasteiger partial charge in [-0.3, -0.25) is 4.98 Å². The van der Waals surface area contributed by atoms with Gasteiger partial charge in [0.2, 0.25) is 0 Å². The Hall–Kier alpha value is -4.61. The fraction of sp³-hybridized carbons (Fsp3) is 0.217. The van der Waals surface area contributed by atoms with E-state index in [0.717, 1.165) is 67.2 Å². The number of benzene rings is 5. The topological polar surface area (TPSA) is 43.9 Å². The summed E-state index contributed by atoms with van der Waals surface area (Å²) in [5, 5.41) is 3.72. The average Bonchev–Trinajstić information content (AvgIpc) is 3.74. The first-order valence-corrected chi connectivity index (χ1v) is 21.8. The maximum Gasteiger partial charge on any atom is 0.123 e. The molecule has 1 aliphatic carbocycles. The van der Waals surface area contributed by atoms with Crippen molar-refractivity contribution in [2.45, 2.75) is 58.2 Å². The molecule has 6 heteroatoms. The number of hydrogen-bond donors (Lipinski definition) is 0. The quantitative estimate of drug-likeness (QED) is 0.123. The van der Waals surface area contributed by atoms with Crippen molar-refractivity contribution < 1.29 is 24.5 Å². The molecule has 8 aromatic rings. The number of aromatic nitrogens is 3. The third-order valence-electron chi connectivity index (χ3n) is 10.1. The van der Waals surface area contributed by atoms with E-state index in [2.05, 4.69) is 97.1 Å². The first kappa shape index (κ1) is 35.8. The number of nitrogens with zero attached hydrogens (tertiary/aromatic N) is 3. The van der Waals surface area contributed by atoms with Gasteiger partial charge in [0.05, 0.1) is 30.5 Å². The molecule has 52 heavy (non-hydrogen) atoms. The summed E-state index contributed by atoms with van der Waals surface area (Å²) in [6, 6.07) is 48.0. The van der Waals surface area contributed by atoms with Gasteiger partial charge in [-0.1, -0.05) is 123 Å². The minimum Gasteiger partial charge on any atom is -0.477 e. The molecule has 1 fully saturated rings. The second kappa shape index (κ2) is 15.6. The van der Waals surface area contributed by atoms with Gasteiger partial charge in [-0.15, -0.1) is 53.6 Å². The van der Waals surface area contributed by atoms with Gasteiger partial charge in [0.15, 0.2) is 0 Å². The molecule has 0 aliphatic heterocycles. The van der Waals surface area contributed by atoms with Crippen LogP contribution >= 0.6 is 0 Å². The summed E-state index contributed by atoms with van der Waals surface area (Å²) < 4.78 is 8.22. The van der Waals surface area contributed by atoms with Crippen molar-refractivity contribution >= 4 is 46.2 Å². The maximum absolute atomic E-state index is 6.04. The van der Waals surface area contributed by atoms with Crippen LogP contribution in [0.5, 0.6) is 0 Å². The zero-order valence-corrected chi connectivity index (χ0v) is 33.4. The number of hydrogen-bond acceptors (Lipinski definition) is 3. The van der Waals surface area contributed by atoms with Gasteiger partial charge in [0, 0.05) is 32.0 Å². The summed E-state index contributed by atoms with van der Waals surface area (Å²) in [4.78, 5) is 9.68. The predicted octanol–water partition coefficient (Wildman–Crippen LogP) is 11.6. The van der Waals surface area contributed by atoms with Crippen LogP contribution in [0.15, 0.2) is 132 Å². The SMILES string of the molecule is C[Si](C)(C)c1cnc(-c2[c-]cccc2)cc1CC1CCCCC1.[Ir].[c-]1c(-c2nc3ccccc3n2-c2ccccc2)ccc2c1oc1ccccc12. The summed E-state index contributed by atoms with van der Waals surface area (Å²) in [5.41, 5.74) is 9.39. The normalized spacial score (nSPS) is 13.5. The molecular weight excluding hydrogens is 831 g/mol. The minimum absolute atomic E-state index is 0. The molecule has 1 saturated carbocycles. The van der Waals surface area contributed by atoms with E-state index in [4.69, 9.17) is 14.4 Å². The molecule has 5 aromatic carbocycles. The first-order chi connectivity index (χ1) is 24.9. The fourth-order valence-corrected chi connectivity index (χ4v) is 9.16. The molecule has 0 atom stereocenters. The molecule has 1 aliphatic rings. The van der Waals surface area contributed by atoms with Gasteiger partial charge in [-0.05, 0) is 58.9 Å². The Labute approximate surface area is 321 Å². The second-order valence-electron chi connectivity index (χ2n) is 14.8. The van der Waals surface area contributed by atoms with Crippen molar-refractivity contribution in [3.63, 3.8) is 0 Å². The van der Waals surface area contributed by atoms with Crippen LogP contribution in [0, 0.1) is 18.1 Å². The number of rotatable bonds is 6. The first-order valence-electron chi connectivity index (χ1n) is 18.3. The van der Waals surface area contributed by atoms with Crippen LogP contribution in [0.3, 0.4) is 0 Å². The molecule has 3 heterocycles. The molecule has 4 nitrogen and oxygen atoms in total. The van der Waals surface area contributed by atoms with Gasteiger partial charge < -0.3 is 14.0 Å². The molecular formula is C46H43IrN3OSi-2. The van der Waals surface area contributed by atoms with Crippen LogP contribution in [-0.4, -0.2) is 22.6 Å². The third-order valence-corrected chi connectivity index (χ3v) is 12.2. The summed E-state index contributed by atoms with van der Waals surface area (Å²) in [7, 11) is -1.36. The Bertz CT molecular complexity index is 2420. The molecule has 263 valence electrons. The molecule has 0 amide bonds. The van der Waals surface area contributed by atoms with Crippen molar-refractivity contribution in [3.05, 3.63) is 145 Å². The van der Waals surface area contributed by atoms with Gasteiger partial charge in [0.1, 0.15) is 5.58 Å². The monoisotopic (exact) mass is 874 g/mol. The molecule has 1 radical (unpaired) electrons. The fourth-order valence-electron chi connectivity index (χ4n) is 7.57. The Kier molecular flexibility index (Phi) is 10.7. The second-order valence-corrected chi connectivity index (χ2v) is 19.8. The van der Waals surface area contributed by atoms with Gasteiger partial charge >= 0.3 is 0 Å². The predicted molar refractivity (Wildman–Crippen MR) is 214 cm³/mol. The molecule has 9 rings (SSSR count). The molecule has 0 bridgehead atoms. The molecule has 0 saturated heterocycles.